The number of halogens is 4. The van der Waals surface area contributed by atoms with Crippen molar-refractivity contribution in [3.8, 4) is 23.0 Å². The van der Waals surface area contributed by atoms with Crippen molar-refractivity contribution in [2.75, 3.05) is 0 Å². The summed E-state index contributed by atoms with van der Waals surface area (Å²) in [7, 11) is 0. The lowest BCUT2D eigenvalue weighted by molar-refractivity contribution is 0.0213. The van der Waals surface area contributed by atoms with Gasteiger partial charge in [-0.15, -0.1) is 12.6 Å². The number of benzene rings is 3. The normalized spacial score (nSPS) is 18.5. The molecule has 2 aliphatic rings. The summed E-state index contributed by atoms with van der Waals surface area (Å²) in [6.07, 6.45) is 0. The van der Waals surface area contributed by atoms with Crippen LogP contribution in [0, 0.1) is 14.3 Å². The van der Waals surface area contributed by atoms with E-state index in [1.165, 1.54) is 0 Å². The van der Waals surface area contributed by atoms with Crippen molar-refractivity contribution in [3.63, 3.8) is 0 Å². The standard InChI is InChI=1S/C20H8I4O5S/c21-9-5-8-16(11(22)14(9)25)28-17-10(18(30)13(24)15(26)12(17)23)20(8)7-4-2-1-3-6(7)19(27)29-20/h1-5,25-26,30H. The molecule has 5 rings (SSSR count). The van der Waals surface area contributed by atoms with Crippen LogP contribution in [-0.4, -0.2) is 16.2 Å². The summed E-state index contributed by atoms with van der Waals surface area (Å²) in [5, 5.41) is 21.2. The van der Waals surface area contributed by atoms with Crippen molar-refractivity contribution < 1.29 is 24.5 Å². The zero-order valence-corrected chi connectivity index (χ0v) is 24.0. The Hall–Kier alpha value is -0.200. The molecule has 3 aromatic carbocycles. The van der Waals surface area contributed by atoms with Gasteiger partial charge in [0.25, 0.3) is 0 Å². The van der Waals surface area contributed by atoms with Crippen LogP contribution in [0.1, 0.15) is 27.0 Å². The van der Waals surface area contributed by atoms with Gasteiger partial charge in [-0.05, 0) is 102 Å². The van der Waals surface area contributed by atoms with Gasteiger partial charge in [0.1, 0.15) is 11.5 Å². The van der Waals surface area contributed by atoms with E-state index in [0.717, 1.165) is 0 Å². The van der Waals surface area contributed by atoms with Crippen LogP contribution < -0.4 is 4.74 Å². The summed E-state index contributed by atoms with van der Waals surface area (Å²) in [4.78, 5) is 13.4. The Bertz CT molecular complexity index is 1310. The molecule has 0 radical (unpaired) electrons. The number of hydrogen-bond donors (Lipinski definition) is 3. The quantitative estimate of drug-likeness (QED) is 0.139. The minimum absolute atomic E-state index is 0.0425. The van der Waals surface area contributed by atoms with Crippen LogP contribution in [0.25, 0.3) is 0 Å². The van der Waals surface area contributed by atoms with Crippen molar-refractivity contribution in [2.24, 2.45) is 0 Å². The predicted molar refractivity (Wildman–Crippen MR) is 146 cm³/mol. The Morgan fingerprint density at radius 1 is 0.900 bits per heavy atom. The number of aromatic hydroxyl groups is 2. The van der Waals surface area contributed by atoms with Gasteiger partial charge >= 0.3 is 5.97 Å². The Kier molecular flexibility index (Phi) is 5.35. The lowest BCUT2D eigenvalue weighted by Crippen LogP contribution is -2.34. The van der Waals surface area contributed by atoms with Gasteiger partial charge < -0.3 is 19.7 Å². The fourth-order valence-corrected chi connectivity index (χ4v) is 7.72. The predicted octanol–water partition coefficient (Wildman–Crippen LogP) is 6.37. The Morgan fingerprint density at radius 3 is 2.30 bits per heavy atom. The van der Waals surface area contributed by atoms with Crippen molar-refractivity contribution in [3.05, 3.63) is 66.9 Å². The second-order valence-corrected chi connectivity index (χ2v) is 11.5. The number of phenolic OH excluding ortho intramolecular Hbond substituents is 2. The summed E-state index contributed by atoms with van der Waals surface area (Å²) in [6, 6.07) is 8.99. The summed E-state index contributed by atoms with van der Waals surface area (Å²) in [5.74, 6) is 0.419. The highest BCUT2D eigenvalue weighted by Crippen LogP contribution is 2.62. The molecule has 3 aromatic rings. The van der Waals surface area contributed by atoms with E-state index in [1.54, 1.807) is 18.2 Å². The SMILES string of the molecule is O=C1OC2(c3ccccc31)c1cc(I)c(O)c(I)c1Oc1c(I)c(O)c(I)c(S)c12. The van der Waals surface area contributed by atoms with Crippen molar-refractivity contribution in [1.82, 2.24) is 0 Å². The van der Waals surface area contributed by atoms with Gasteiger partial charge in [-0.2, -0.15) is 0 Å². The van der Waals surface area contributed by atoms with Gasteiger partial charge in [-0.1, -0.05) is 18.2 Å². The molecule has 10 heteroatoms. The van der Waals surface area contributed by atoms with Crippen molar-refractivity contribution >= 4 is 109 Å². The van der Waals surface area contributed by atoms with Gasteiger partial charge in [0.05, 0.1) is 31.0 Å². The maximum atomic E-state index is 12.9. The maximum Gasteiger partial charge on any atom is 0.340 e. The van der Waals surface area contributed by atoms with Crippen LogP contribution in [0.15, 0.2) is 35.2 Å². The molecule has 1 spiro atoms. The minimum Gasteiger partial charge on any atom is -0.506 e. The van der Waals surface area contributed by atoms with Crippen molar-refractivity contribution in [1.29, 1.82) is 0 Å². The average molecular weight is 868 g/mol. The number of carbonyl (C=O) groups excluding carboxylic acids is 1. The molecule has 0 aliphatic carbocycles. The summed E-state index contributed by atoms with van der Waals surface area (Å²) < 4.78 is 14.5. The smallest absolute Gasteiger partial charge is 0.340 e. The zero-order valence-electron chi connectivity index (χ0n) is 14.5. The second-order valence-electron chi connectivity index (χ2n) is 6.65. The van der Waals surface area contributed by atoms with Gasteiger partial charge in [0.2, 0.25) is 0 Å². The maximum absolute atomic E-state index is 12.9. The lowest BCUT2D eigenvalue weighted by Gasteiger charge is -2.38. The molecular weight excluding hydrogens is 860 g/mol. The highest BCUT2D eigenvalue weighted by atomic mass is 127. The van der Waals surface area contributed by atoms with Crippen LogP contribution in [0.5, 0.6) is 23.0 Å². The molecule has 5 nitrogen and oxygen atoms in total. The highest BCUT2D eigenvalue weighted by Gasteiger charge is 2.56. The summed E-state index contributed by atoms with van der Waals surface area (Å²) in [6.45, 7) is 0. The van der Waals surface area contributed by atoms with Crippen LogP contribution in [-0.2, 0) is 10.3 Å². The van der Waals surface area contributed by atoms with E-state index in [9.17, 15) is 15.0 Å². The van der Waals surface area contributed by atoms with E-state index in [0.29, 0.717) is 52.9 Å². The van der Waals surface area contributed by atoms with Gasteiger partial charge in [-0.25, -0.2) is 4.79 Å². The molecule has 0 aromatic heterocycles. The molecule has 0 fully saturated rings. The van der Waals surface area contributed by atoms with E-state index in [1.807, 2.05) is 102 Å². The second kappa shape index (κ2) is 7.41. The minimum atomic E-state index is -1.31. The molecule has 2 N–H and O–H groups in total. The van der Waals surface area contributed by atoms with Crippen LogP contribution in [0.3, 0.4) is 0 Å². The van der Waals surface area contributed by atoms with Crippen LogP contribution >= 0.6 is 103 Å². The zero-order chi connectivity index (χ0) is 21.5. The first-order valence-electron chi connectivity index (χ1n) is 8.35. The fourth-order valence-electron chi connectivity index (χ4n) is 3.86. The number of ether oxygens (including phenoxy) is 2. The number of esters is 1. The Balaban J connectivity index is 2.03. The number of rotatable bonds is 0. The van der Waals surface area contributed by atoms with E-state index in [4.69, 9.17) is 22.1 Å². The van der Waals surface area contributed by atoms with E-state index in [2.05, 4.69) is 0 Å². The Morgan fingerprint density at radius 2 is 1.57 bits per heavy atom. The third-order valence-electron chi connectivity index (χ3n) is 5.14. The number of fused-ring (bicyclic) bond motifs is 6. The third-order valence-corrected chi connectivity index (χ3v) is 9.89. The molecule has 0 bridgehead atoms. The van der Waals surface area contributed by atoms with Gasteiger partial charge in [-0.3, -0.25) is 0 Å². The molecule has 1 atom stereocenters. The third kappa shape index (κ3) is 2.71. The highest BCUT2D eigenvalue weighted by molar-refractivity contribution is 14.1. The molecule has 0 amide bonds. The lowest BCUT2D eigenvalue weighted by atomic mass is 9.77. The summed E-state index contributed by atoms with van der Waals surface area (Å²) in [5.41, 5.74) is 0.980. The molecule has 152 valence electrons. The first-order valence-corrected chi connectivity index (χ1v) is 13.1. The van der Waals surface area contributed by atoms with Crippen molar-refractivity contribution in [2.45, 2.75) is 10.5 Å². The largest absolute Gasteiger partial charge is 0.506 e. The molecule has 0 saturated carbocycles. The number of carbonyl (C=O) groups is 1. The van der Waals surface area contributed by atoms with Gasteiger partial charge in [0, 0.05) is 10.5 Å². The van der Waals surface area contributed by atoms with Crippen LogP contribution in [0.2, 0.25) is 0 Å². The molecule has 30 heavy (non-hydrogen) atoms. The number of hydrogen-bond acceptors (Lipinski definition) is 6. The van der Waals surface area contributed by atoms with Gasteiger partial charge in [0.15, 0.2) is 17.1 Å². The number of phenols is 2. The first kappa shape index (κ1) is 21.6. The molecule has 1 unspecified atom stereocenters. The monoisotopic (exact) mass is 868 g/mol. The average Bonchev–Trinajstić information content (AvgIpc) is 3.03. The van der Waals surface area contributed by atoms with E-state index in [-0.39, 0.29) is 11.5 Å². The number of thiol groups is 1. The molecule has 2 aliphatic heterocycles. The summed E-state index contributed by atoms with van der Waals surface area (Å²) >= 11 is 12.8. The topological polar surface area (TPSA) is 76.0 Å². The van der Waals surface area contributed by atoms with E-state index >= 15 is 0 Å². The van der Waals surface area contributed by atoms with E-state index < -0.39 is 11.6 Å². The Labute approximate surface area is 230 Å². The molecule has 0 saturated heterocycles. The van der Waals surface area contributed by atoms with Crippen LogP contribution in [0.4, 0.5) is 0 Å². The first-order chi connectivity index (χ1) is 14.2. The fraction of sp³-hybridized carbons (Fsp3) is 0.0500. The molecule has 2 heterocycles. The molecular formula is C20H8I4O5S.